The summed E-state index contributed by atoms with van der Waals surface area (Å²) in [6, 6.07) is 19.1. The molecule has 2 saturated carbocycles. The minimum atomic E-state index is -0.734. The first kappa shape index (κ1) is 55.3. The summed E-state index contributed by atoms with van der Waals surface area (Å²) in [6.07, 6.45) is 15.9. The lowest BCUT2D eigenvalue weighted by Crippen LogP contribution is -2.51. The van der Waals surface area contributed by atoms with Gasteiger partial charge in [0.25, 0.3) is 0 Å². The van der Waals surface area contributed by atoms with Crippen molar-refractivity contribution in [3.8, 4) is 44.8 Å². The molecule has 10 rings (SSSR count). The monoisotopic (exact) mass is 1070 g/mol. The molecule has 3 aromatic carbocycles. The number of amides is 4. The summed E-state index contributed by atoms with van der Waals surface area (Å²) in [5, 5.41) is 5.68. The van der Waals surface area contributed by atoms with Crippen LogP contribution in [0.4, 0.5) is 9.59 Å². The summed E-state index contributed by atoms with van der Waals surface area (Å²) < 4.78 is 10.7. The number of alkyl carbamates (subject to hydrolysis) is 2. The molecule has 4 N–H and O–H groups in total. The van der Waals surface area contributed by atoms with Gasteiger partial charge < -0.3 is 39.9 Å². The van der Waals surface area contributed by atoms with E-state index in [1.807, 2.05) is 56.8 Å². The molecule has 0 radical (unpaired) electrons. The van der Waals surface area contributed by atoms with Crippen LogP contribution in [0.2, 0.25) is 0 Å². The number of rotatable bonds is 18. The zero-order valence-electron chi connectivity index (χ0n) is 47.5. The lowest BCUT2D eigenvalue weighted by atomic mass is 9.81. The number of ether oxygens (including phenoxy) is 2. The third kappa shape index (κ3) is 11.3. The molecule has 5 aromatic rings. The number of hydrogen-bond donors (Lipinski definition) is 4. The molecule has 2 aromatic heterocycles. The third-order valence-electron chi connectivity index (χ3n) is 18.0. The van der Waals surface area contributed by atoms with Crippen LogP contribution in [0.15, 0.2) is 84.7 Å². The minimum absolute atomic E-state index is 0.127. The Morgan fingerprint density at radius 2 is 1.23 bits per heavy atom. The van der Waals surface area contributed by atoms with Crippen LogP contribution >= 0.6 is 0 Å². The van der Waals surface area contributed by atoms with Gasteiger partial charge in [-0.15, -0.1) is 0 Å². The minimum Gasteiger partial charge on any atom is -0.453 e. The average molecular weight is 1070 g/mol. The van der Waals surface area contributed by atoms with Gasteiger partial charge in [0.2, 0.25) is 11.8 Å². The number of H-pyrrole nitrogens is 2. The van der Waals surface area contributed by atoms with E-state index >= 15 is 0 Å². The van der Waals surface area contributed by atoms with Crippen LogP contribution in [0.1, 0.15) is 165 Å². The van der Waals surface area contributed by atoms with Crippen molar-refractivity contribution in [3.05, 3.63) is 107 Å². The van der Waals surface area contributed by atoms with Gasteiger partial charge in [0.1, 0.15) is 29.8 Å². The Bertz CT molecular complexity index is 3080. The fourth-order valence-electron chi connectivity index (χ4n) is 13.3. The van der Waals surface area contributed by atoms with E-state index in [-0.39, 0.29) is 53.0 Å². The molecular weight excluding hydrogens is 993 g/mol. The molecule has 3 aliphatic carbocycles. The first-order chi connectivity index (χ1) is 38.1. The van der Waals surface area contributed by atoms with Crippen molar-refractivity contribution in [1.82, 2.24) is 40.4 Å². The van der Waals surface area contributed by atoms with Gasteiger partial charge in [-0.1, -0.05) is 127 Å². The van der Waals surface area contributed by atoms with E-state index in [1.54, 1.807) is 0 Å². The zero-order chi connectivity index (χ0) is 55.7. The number of carbonyl (C=O) groups excluding carboxylic acids is 5. The molecule has 2 aliphatic heterocycles. The zero-order valence-corrected chi connectivity index (χ0v) is 47.5. The van der Waals surface area contributed by atoms with Gasteiger partial charge in [0.05, 0.1) is 43.0 Å². The number of aromatic nitrogens is 4. The van der Waals surface area contributed by atoms with Gasteiger partial charge in [-0.05, 0) is 140 Å². The topological polar surface area (TPSA) is 192 Å². The fourth-order valence-corrected chi connectivity index (χ4v) is 13.3. The molecule has 1 spiro atoms. The quantitative estimate of drug-likeness (QED) is 0.0618. The van der Waals surface area contributed by atoms with Crippen LogP contribution in [0.5, 0.6) is 0 Å². The van der Waals surface area contributed by atoms with E-state index < -0.39 is 24.3 Å². The summed E-state index contributed by atoms with van der Waals surface area (Å²) in [5.74, 6) is 2.51. The first-order valence-corrected chi connectivity index (χ1v) is 29.2. The number of nitrogens with zero attached hydrogens (tertiary/aromatic N) is 4. The predicted molar refractivity (Wildman–Crippen MR) is 306 cm³/mol. The molecule has 4 fully saturated rings. The maximum absolute atomic E-state index is 14.8. The maximum atomic E-state index is 14.8. The third-order valence-corrected chi connectivity index (χ3v) is 18.0. The Labute approximate surface area is 465 Å². The van der Waals surface area contributed by atoms with Crippen molar-refractivity contribution >= 4 is 29.8 Å². The Hall–Kier alpha value is -7.03. The largest absolute Gasteiger partial charge is 0.453 e. The highest BCUT2D eigenvalue weighted by Crippen LogP contribution is 2.53. The van der Waals surface area contributed by atoms with Crippen molar-refractivity contribution < 1.29 is 33.4 Å². The summed E-state index contributed by atoms with van der Waals surface area (Å²) in [5.41, 5.74) is 10.6. The summed E-state index contributed by atoms with van der Waals surface area (Å²) in [6.45, 7) is 15.3. The van der Waals surface area contributed by atoms with Gasteiger partial charge in [0, 0.05) is 24.1 Å². The number of hydrogen-bond acceptors (Lipinski definition) is 9. The Morgan fingerprint density at radius 1 is 0.734 bits per heavy atom. The van der Waals surface area contributed by atoms with Crippen LogP contribution in [0.25, 0.3) is 44.8 Å². The van der Waals surface area contributed by atoms with E-state index in [1.165, 1.54) is 19.1 Å². The number of allylic oxidation sites excluding steroid dienone is 2. The highest BCUT2D eigenvalue weighted by molar-refractivity contribution is 6.11. The lowest BCUT2D eigenvalue weighted by Gasteiger charge is -2.30. The van der Waals surface area contributed by atoms with Gasteiger partial charge in [-0.25, -0.2) is 19.6 Å². The smallest absolute Gasteiger partial charge is 0.408 e. The highest BCUT2D eigenvalue weighted by atomic mass is 16.6. The molecule has 79 heavy (non-hydrogen) atoms. The Morgan fingerprint density at radius 3 is 1.71 bits per heavy atom. The predicted octanol–water partition coefficient (Wildman–Crippen LogP) is 12.7. The fraction of sp³-hybridized carbons (Fsp3) is 0.516. The molecule has 2 saturated heterocycles. The van der Waals surface area contributed by atoms with E-state index in [0.717, 1.165) is 138 Å². The number of methoxy groups -OCH3 is 1. The molecule has 4 amide bonds. The second-order valence-corrected chi connectivity index (χ2v) is 23.8. The van der Waals surface area contributed by atoms with E-state index in [0.29, 0.717) is 31.3 Å². The van der Waals surface area contributed by atoms with Crippen molar-refractivity contribution in [2.45, 2.75) is 162 Å². The van der Waals surface area contributed by atoms with Crippen LogP contribution in [0.3, 0.4) is 0 Å². The number of likely N-dealkylation sites (tertiary alicyclic amines) is 2. The second kappa shape index (κ2) is 23.4. The number of fused-ring (bicyclic) bond motifs is 1. The molecule has 15 heteroatoms. The first-order valence-electron chi connectivity index (χ1n) is 29.2. The Balaban J connectivity index is 0.824. The van der Waals surface area contributed by atoms with Gasteiger partial charge in [-0.3, -0.25) is 14.4 Å². The number of Topliss-reactive ketones (excluding diaryl/α,β-unsaturated/α-hetero) is 1. The number of nitrogens with one attached hydrogen (secondary N) is 4. The van der Waals surface area contributed by atoms with Crippen molar-refractivity contribution in [2.75, 3.05) is 20.2 Å². The van der Waals surface area contributed by atoms with E-state index in [4.69, 9.17) is 19.4 Å². The molecule has 5 aliphatic rings. The standard InChI is InChI=1S/C64H80N8O7/c1-9-40(48-33-39(48)7)25-26-45(10-2)79-63(77)70-56(38(5)6)61(75)72-32-14-16-53(72)59-65-35-50(67-59)43-21-17-41(18-22-43)46-27-28-47(54-49(46)34-64(57(54)73)29-11-12-30-64)42-19-23-44(24-20-42)51-36-66-58(68-51)52-15-13-31-71(52)60(74)55(37(3)4)69-62(76)78-8/h9,17-24,27-28,35-39,45,48,52-53,55-56H,10-16,25-26,29-34H2,1-8H3,(H,65,67)(H,66,68)(H,69,76)(H,70,77)/b40-9+/t39?,45?,48?,52-,53-,55-,56-/m0/s1. The normalized spacial score (nSPS) is 21.6. The molecule has 418 valence electrons. The van der Waals surface area contributed by atoms with Crippen molar-refractivity contribution in [1.29, 1.82) is 0 Å². The second-order valence-electron chi connectivity index (χ2n) is 23.8. The van der Waals surface area contributed by atoms with Crippen molar-refractivity contribution in [3.63, 3.8) is 0 Å². The Kier molecular flexibility index (Phi) is 16.3. The highest BCUT2D eigenvalue weighted by Gasteiger charge is 2.49. The van der Waals surface area contributed by atoms with Gasteiger partial charge >= 0.3 is 12.2 Å². The van der Waals surface area contributed by atoms with Crippen LogP contribution in [-0.4, -0.2) is 97.9 Å². The SMILES string of the molecule is C/C=C(\CCC(CC)OC(=O)N[C@H](C(=O)N1CCC[C@H]1c1ncc(-c2ccc(-c3ccc(-c4ccc(-c5cnc([C@@H]6CCCN6C(=O)[C@@H](NC(=O)OC)C(C)C)[nH]5)cc4)c4c3CC3(CCCC3)C4=O)cc2)[nH]1)C(C)C)C1CC1C. The molecule has 7 atom stereocenters. The molecule has 0 bridgehead atoms. The van der Waals surface area contributed by atoms with Crippen LogP contribution in [-0.2, 0) is 25.5 Å². The van der Waals surface area contributed by atoms with Crippen LogP contribution < -0.4 is 10.6 Å². The number of aromatic amines is 2. The number of ketones is 1. The molecule has 3 unspecified atom stereocenters. The number of carbonyl (C=O) groups is 5. The lowest BCUT2D eigenvalue weighted by molar-refractivity contribution is -0.136. The summed E-state index contributed by atoms with van der Waals surface area (Å²) in [4.78, 5) is 88.6. The van der Waals surface area contributed by atoms with Gasteiger partial charge in [-0.2, -0.15) is 0 Å². The molecule has 4 heterocycles. The van der Waals surface area contributed by atoms with E-state index in [9.17, 15) is 24.0 Å². The number of imidazole rings is 2. The summed E-state index contributed by atoms with van der Waals surface area (Å²) in [7, 11) is 1.29. The number of benzene rings is 3. The molecular formula is C64H80N8O7. The van der Waals surface area contributed by atoms with Crippen molar-refractivity contribution in [2.24, 2.45) is 29.1 Å². The molecule has 15 nitrogen and oxygen atoms in total. The van der Waals surface area contributed by atoms with Gasteiger partial charge in [0.15, 0.2) is 5.78 Å². The summed E-state index contributed by atoms with van der Waals surface area (Å²) >= 11 is 0. The van der Waals surface area contributed by atoms with Crippen LogP contribution in [0, 0.1) is 29.1 Å². The maximum Gasteiger partial charge on any atom is 0.408 e. The van der Waals surface area contributed by atoms with E-state index in [2.05, 4.69) is 101 Å². The average Bonchev–Trinajstić information content (AvgIpc) is 4.41.